The molecule has 0 bridgehead atoms. The predicted octanol–water partition coefficient (Wildman–Crippen LogP) is 0.0432. The van der Waals surface area contributed by atoms with Crippen molar-refractivity contribution in [2.24, 2.45) is 5.73 Å². The van der Waals surface area contributed by atoms with Crippen molar-refractivity contribution in [2.75, 3.05) is 6.54 Å². The van der Waals surface area contributed by atoms with E-state index in [-0.39, 0.29) is 5.91 Å². The number of carbonyl (C=O) groups excluding carboxylic acids is 1. The summed E-state index contributed by atoms with van der Waals surface area (Å²) in [4.78, 5) is 14.6. The van der Waals surface area contributed by atoms with Crippen LogP contribution in [0, 0.1) is 0 Å². The maximum Gasteiger partial charge on any atom is 0.217 e. The molecule has 6 nitrogen and oxygen atoms in total. The average Bonchev–Trinajstić information content (AvgIpc) is 2.70. The standard InChI is InChI=1S/C10H19N5O/c1-2-15-10(13-8-14-15)7-12-6-4-3-5-9(11)16/h8,12H,2-7H2,1H3,(H2,11,16). The summed E-state index contributed by atoms with van der Waals surface area (Å²) in [5.41, 5.74) is 5.04. The first kappa shape index (κ1) is 12.6. The molecule has 3 N–H and O–H groups in total. The Labute approximate surface area is 95.2 Å². The number of primary amides is 1. The van der Waals surface area contributed by atoms with E-state index in [2.05, 4.69) is 15.4 Å². The molecule has 1 aromatic heterocycles. The van der Waals surface area contributed by atoms with E-state index in [0.29, 0.717) is 13.0 Å². The van der Waals surface area contributed by atoms with Gasteiger partial charge in [-0.2, -0.15) is 5.10 Å². The molecule has 16 heavy (non-hydrogen) atoms. The summed E-state index contributed by atoms with van der Waals surface area (Å²) < 4.78 is 1.86. The lowest BCUT2D eigenvalue weighted by Crippen LogP contribution is -2.19. The highest BCUT2D eigenvalue weighted by atomic mass is 16.1. The molecule has 1 aromatic rings. The van der Waals surface area contributed by atoms with Crippen LogP contribution in [0.25, 0.3) is 0 Å². The van der Waals surface area contributed by atoms with Gasteiger partial charge in [0.25, 0.3) is 0 Å². The second kappa shape index (κ2) is 6.95. The van der Waals surface area contributed by atoms with Gasteiger partial charge >= 0.3 is 0 Å². The van der Waals surface area contributed by atoms with Gasteiger partial charge in [0.1, 0.15) is 12.2 Å². The normalized spacial score (nSPS) is 10.6. The SMILES string of the molecule is CCn1ncnc1CNCCCCC(N)=O. The Bertz CT molecular complexity index is 323. The van der Waals surface area contributed by atoms with E-state index in [1.807, 2.05) is 11.6 Å². The third kappa shape index (κ3) is 4.39. The molecule has 0 aromatic carbocycles. The van der Waals surface area contributed by atoms with Gasteiger partial charge in [-0.1, -0.05) is 0 Å². The van der Waals surface area contributed by atoms with Crippen LogP contribution in [0.15, 0.2) is 6.33 Å². The van der Waals surface area contributed by atoms with Crippen molar-refractivity contribution >= 4 is 5.91 Å². The molecule has 90 valence electrons. The van der Waals surface area contributed by atoms with E-state index in [1.165, 1.54) is 0 Å². The predicted molar refractivity (Wildman–Crippen MR) is 60.4 cm³/mol. The number of hydrogen-bond donors (Lipinski definition) is 2. The van der Waals surface area contributed by atoms with E-state index < -0.39 is 0 Å². The number of unbranched alkanes of at least 4 members (excludes halogenated alkanes) is 1. The molecular weight excluding hydrogens is 206 g/mol. The van der Waals surface area contributed by atoms with Crippen molar-refractivity contribution in [2.45, 2.75) is 39.3 Å². The zero-order chi connectivity index (χ0) is 11.8. The van der Waals surface area contributed by atoms with Crippen LogP contribution in [-0.4, -0.2) is 27.2 Å². The fraction of sp³-hybridized carbons (Fsp3) is 0.700. The largest absolute Gasteiger partial charge is 0.370 e. The van der Waals surface area contributed by atoms with Gasteiger partial charge in [0, 0.05) is 13.0 Å². The van der Waals surface area contributed by atoms with E-state index in [0.717, 1.165) is 31.8 Å². The molecular formula is C10H19N5O. The minimum Gasteiger partial charge on any atom is -0.370 e. The Hall–Kier alpha value is -1.43. The molecule has 6 heteroatoms. The van der Waals surface area contributed by atoms with E-state index in [4.69, 9.17) is 5.73 Å². The number of nitrogens with zero attached hydrogens (tertiary/aromatic N) is 3. The number of aromatic nitrogens is 3. The van der Waals surface area contributed by atoms with Gasteiger partial charge in [0.2, 0.25) is 5.91 Å². The quantitative estimate of drug-likeness (QED) is 0.612. The molecule has 0 saturated heterocycles. The molecule has 0 saturated carbocycles. The Balaban J connectivity index is 2.09. The minimum absolute atomic E-state index is 0.231. The molecule has 0 spiro atoms. The van der Waals surface area contributed by atoms with Crippen LogP contribution in [-0.2, 0) is 17.9 Å². The lowest BCUT2D eigenvalue weighted by Gasteiger charge is -2.04. The van der Waals surface area contributed by atoms with Gasteiger partial charge in [0.05, 0.1) is 6.54 Å². The van der Waals surface area contributed by atoms with Gasteiger partial charge in [-0.15, -0.1) is 0 Å². The molecule has 0 radical (unpaired) electrons. The maximum absolute atomic E-state index is 10.5. The van der Waals surface area contributed by atoms with Crippen molar-refractivity contribution in [3.8, 4) is 0 Å². The fourth-order valence-electron chi connectivity index (χ4n) is 1.44. The third-order valence-corrected chi connectivity index (χ3v) is 2.31. The average molecular weight is 225 g/mol. The van der Waals surface area contributed by atoms with Gasteiger partial charge in [0.15, 0.2) is 0 Å². The number of hydrogen-bond acceptors (Lipinski definition) is 4. The fourth-order valence-corrected chi connectivity index (χ4v) is 1.44. The smallest absolute Gasteiger partial charge is 0.217 e. The van der Waals surface area contributed by atoms with Gasteiger partial charge in [-0.05, 0) is 26.3 Å². The molecule has 0 atom stereocenters. The molecule has 0 aliphatic carbocycles. The Morgan fingerprint density at radius 3 is 3.06 bits per heavy atom. The van der Waals surface area contributed by atoms with E-state index in [9.17, 15) is 4.79 Å². The number of amides is 1. The van der Waals surface area contributed by atoms with Crippen LogP contribution in [0.3, 0.4) is 0 Å². The second-order valence-corrected chi connectivity index (χ2v) is 3.59. The zero-order valence-electron chi connectivity index (χ0n) is 9.65. The van der Waals surface area contributed by atoms with E-state index >= 15 is 0 Å². The Kier molecular flexibility index (Phi) is 5.49. The highest BCUT2D eigenvalue weighted by Gasteiger charge is 2.01. The number of nitrogens with two attached hydrogens (primary N) is 1. The first-order chi connectivity index (χ1) is 7.74. The second-order valence-electron chi connectivity index (χ2n) is 3.59. The van der Waals surface area contributed by atoms with E-state index in [1.54, 1.807) is 6.33 Å². The Morgan fingerprint density at radius 1 is 1.56 bits per heavy atom. The molecule has 1 amide bonds. The number of aryl methyl sites for hydroxylation is 1. The number of nitrogens with one attached hydrogen (secondary N) is 1. The van der Waals surface area contributed by atoms with Crippen LogP contribution in [0.1, 0.15) is 32.0 Å². The molecule has 1 heterocycles. The van der Waals surface area contributed by atoms with Gasteiger partial charge in [-0.3, -0.25) is 4.79 Å². The summed E-state index contributed by atoms with van der Waals surface area (Å²) in [6.07, 6.45) is 3.81. The minimum atomic E-state index is -0.231. The van der Waals surface area contributed by atoms with Crippen molar-refractivity contribution in [1.82, 2.24) is 20.1 Å². The topological polar surface area (TPSA) is 85.8 Å². The first-order valence-electron chi connectivity index (χ1n) is 5.59. The Morgan fingerprint density at radius 2 is 2.38 bits per heavy atom. The summed E-state index contributed by atoms with van der Waals surface area (Å²) in [5.74, 6) is 0.711. The maximum atomic E-state index is 10.5. The van der Waals surface area contributed by atoms with Crippen LogP contribution in [0.4, 0.5) is 0 Å². The lowest BCUT2D eigenvalue weighted by molar-refractivity contribution is -0.118. The number of carbonyl (C=O) groups is 1. The van der Waals surface area contributed by atoms with Crippen molar-refractivity contribution in [3.05, 3.63) is 12.2 Å². The summed E-state index contributed by atoms with van der Waals surface area (Å²) >= 11 is 0. The first-order valence-corrected chi connectivity index (χ1v) is 5.59. The molecule has 0 aliphatic rings. The van der Waals surface area contributed by atoms with Crippen LogP contribution in [0.2, 0.25) is 0 Å². The molecule has 0 aliphatic heterocycles. The highest BCUT2D eigenvalue weighted by Crippen LogP contribution is 1.95. The monoisotopic (exact) mass is 225 g/mol. The van der Waals surface area contributed by atoms with Crippen molar-refractivity contribution < 1.29 is 4.79 Å². The lowest BCUT2D eigenvalue weighted by atomic mass is 10.2. The van der Waals surface area contributed by atoms with Gasteiger partial charge < -0.3 is 11.1 Å². The molecule has 0 fully saturated rings. The van der Waals surface area contributed by atoms with Crippen LogP contribution in [0.5, 0.6) is 0 Å². The van der Waals surface area contributed by atoms with Crippen LogP contribution < -0.4 is 11.1 Å². The summed E-state index contributed by atoms with van der Waals surface area (Å²) in [7, 11) is 0. The molecule has 1 rings (SSSR count). The highest BCUT2D eigenvalue weighted by molar-refractivity contribution is 5.73. The number of rotatable bonds is 8. The van der Waals surface area contributed by atoms with Crippen molar-refractivity contribution in [3.63, 3.8) is 0 Å². The van der Waals surface area contributed by atoms with Crippen LogP contribution >= 0.6 is 0 Å². The zero-order valence-corrected chi connectivity index (χ0v) is 9.65. The summed E-state index contributed by atoms with van der Waals surface area (Å²) in [6, 6.07) is 0. The molecule has 0 unspecified atom stereocenters. The third-order valence-electron chi connectivity index (χ3n) is 2.31. The summed E-state index contributed by atoms with van der Waals surface area (Å²) in [5, 5.41) is 7.34. The van der Waals surface area contributed by atoms with Crippen molar-refractivity contribution in [1.29, 1.82) is 0 Å². The summed E-state index contributed by atoms with van der Waals surface area (Å²) in [6.45, 7) is 4.44. The van der Waals surface area contributed by atoms with Gasteiger partial charge in [-0.25, -0.2) is 9.67 Å².